The third-order valence-corrected chi connectivity index (χ3v) is 5.50. The second kappa shape index (κ2) is 10.7. The van der Waals surface area contributed by atoms with Crippen LogP contribution in [0.4, 0.5) is 0 Å². The van der Waals surface area contributed by atoms with Gasteiger partial charge >= 0.3 is 0 Å². The number of aliphatic hydroxyl groups excluding tert-OH is 1. The highest BCUT2D eigenvalue weighted by molar-refractivity contribution is 5.80. The summed E-state index contributed by atoms with van der Waals surface area (Å²) in [7, 11) is 0. The molecule has 0 aliphatic rings. The number of aliphatic hydroxyl groups is 1. The number of hydrogen-bond donors (Lipinski definition) is 2. The molecule has 1 atom stereocenters. The smallest absolute Gasteiger partial charge is 0.223 e. The van der Waals surface area contributed by atoms with Gasteiger partial charge in [0, 0.05) is 18.5 Å². The lowest BCUT2D eigenvalue weighted by Crippen LogP contribution is -2.43. The number of hydrogen-bond acceptors (Lipinski definition) is 5. The number of rotatable bonds is 10. The first-order valence-electron chi connectivity index (χ1n) is 11.0. The van der Waals surface area contributed by atoms with Gasteiger partial charge < -0.3 is 10.0 Å². The Morgan fingerprint density at radius 1 is 1.12 bits per heavy atom. The highest BCUT2D eigenvalue weighted by Gasteiger charge is 2.28. The number of nitrogens with one attached hydrogen (secondary N) is 1. The zero-order valence-electron chi connectivity index (χ0n) is 19.0. The van der Waals surface area contributed by atoms with E-state index in [2.05, 4.69) is 34.1 Å². The molecule has 3 aromatic rings. The first-order valence-corrected chi connectivity index (χ1v) is 11.0. The third kappa shape index (κ3) is 5.41. The normalized spacial score (nSPS) is 12.0. The second-order valence-corrected chi connectivity index (χ2v) is 8.28. The minimum Gasteiger partial charge on any atom is -0.511 e. The summed E-state index contributed by atoms with van der Waals surface area (Å²) in [6, 6.07) is 15.6. The van der Waals surface area contributed by atoms with Crippen LogP contribution in [0.25, 0.3) is 22.5 Å². The van der Waals surface area contributed by atoms with Gasteiger partial charge in [0.15, 0.2) is 0 Å². The lowest BCUT2D eigenvalue weighted by molar-refractivity contribution is -0.135. The molecule has 168 valence electrons. The average Bonchev–Trinajstić information content (AvgIpc) is 3.32. The number of carbonyl (C=O) groups is 1. The quantitative estimate of drug-likeness (QED) is 0.431. The molecule has 1 heterocycles. The Bertz CT molecular complexity index is 1030. The molecule has 2 aromatic carbocycles. The van der Waals surface area contributed by atoms with Gasteiger partial charge in [-0.05, 0) is 34.2 Å². The highest BCUT2D eigenvalue weighted by atomic mass is 16.3. The SMILES string of the molecule is C=C(O)C(C(C)C)N(Cc1ccc(-c2ccccc2-c2nn[nH]n2)cc1)C(=O)CCCC. The van der Waals surface area contributed by atoms with E-state index < -0.39 is 6.04 Å². The maximum Gasteiger partial charge on any atom is 0.223 e. The molecular formula is C25H31N5O2. The molecule has 3 rings (SSSR count). The first kappa shape index (κ1) is 23.2. The van der Waals surface area contributed by atoms with Gasteiger partial charge in [0.25, 0.3) is 0 Å². The zero-order chi connectivity index (χ0) is 23.1. The molecular weight excluding hydrogens is 402 g/mol. The monoisotopic (exact) mass is 433 g/mol. The van der Waals surface area contributed by atoms with Gasteiger partial charge in [0.2, 0.25) is 11.7 Å². The van der Waals surface area contributed by atoms with Crippen LogP contribution in [-0.4, -0.2) is 42.6 Å². The Kier molecular flexibility index (Phi) is 7.76. The minimum atomic E-state index is -0.419. The number of carbonyl (C=O) groups excluding carboxylic acids is 1. The topological polar surface area (TPSA) is 95.0 Å². The number of aromatic amines is 1. The maximum absolute atomic E-state index is 13.0. The van der Waals surface area contributed by atoms with Crippen LogP contribution < -0.4 is 0 Å². The van der Waals surface area contributed by atoms with Crippen LogP contribution in [0.3, 0.4) is 0 Å². The summed E-state index contributed by atoms with van der Waals surface area (Å²) in [5.41, 5.74) is 3.90. The molecule has 0 spiro atoms. The van der Waals surface area contributed by atoms with E-state index in [9.17, 15) is 9.90 Å². The molecule has 0 bridgehead atoms. The van der Waals surface area contributed by atoms with Crippen molar-refractivity contribution in [2.24, 2.45) is 5.92 Å². The van der Waals surface area contributed by atoms with E-state index in [0.717, 1.165) is 35.1 Å². The van der Waals surface area contributed by atoms with E-state index in [1.54, 1.807) is 4.90 Å². The standard InChI is InChI=1S/C25H31N5O2/c1-5-6-11-23(32)30(24(17(2)3)18(4)31)16-19-12-14-20(15-13-19)21-9-7-8-10-22(21)25-26-28-29-27-25/h7-10,12-15,17,24,31H,4-6,11,16H2,1-3H3,(H,26,27,28,29). The van der Waals surface area contributed by atoms with Crippen molar-refractivity contribution in [1.82, 2.24) is 25.5 Å². The number of nitrogens with zero attached hydrogens (tertiary/aromatic N) is 4. The molecule has 1 aromatic heterocycles. The van der Waals surface area contributed by atoms with Crippen LogP contribution in [0.1, 0.15) is 45.6 Å². The summed E-state index contributed by atoms with van der Waals surface area (Å²) in [5.74, 6) is 0.653. The van der Waals surface area contributed by atoms with Gasteiger partial charge in [-0.3, -0.25) is 4.79 Å². The van der Waals surface area contributed by atoms with Crippen molar-refractivity contribution in [1.29, 1.82) is 0 Å². The van der Waals surface area contributed by atoms with E-state index in [-0.39, 0.29) is 17.6 Å². The maximum atomic E-state index is 13.0. The van der Waals surface area contributed by atoms with Gasteiger partial charge in [-0.1, -0.05) is 82.3 Å². The number of aromatic nitrogens is 4. The summed E-state index contributed by atoms with van der Waals surface area (Å²) >= 11 is 0. The fourth-order valence-corrected chi connectivity index (χ4v) is 3.93. The average molecular weight is 434 g/mol. The van der Waals surface area contributed by atoms with E-state index in [1.165, 1.54) is 0 Å². The lowest BCUT2D eigenvalue weighted by Gasteiger charge is -2.34. The molecule has 1 unspecified atom stereocenters. The molecule has 0 saturated heterocycles. The van der Waals surface area contributed by atoms with Crippen LogP contribution >= 0.6 is 0 Å². The number of tetrazole rings is 1. The van der Waals surface area contributed by atoms with Gasteiger partial charge in [-0.2, -0.15) is 5.21 Å². The fourth-order valence-electron chi connectivity index (χ4n) is 3.93. The van der Waals surface area contributed by atoms with Crippen molar-refractivity contribution in [2.75, 3.05) is 0 Å². The van der Waals surface area contributed by atoms with Crippen LogP contribution in [0.15, 0.2) is 60.9 Å². The van der Waals surface area contributed by atoms with Crippen molar-refractivity contribution in [3.05, 3.63) is 66.4 Å². The molecule has 0 aliphatic carbocycles. The Balaban J connectivity index is 1.87. The van der Waals surface area contributed by atoms with Crippen LogP contribution in [-0.2, 0) is 11.3 Å². The van der Waals surface area contributed by atoms with Crippen molar-refractivity contribution >= 4 is 5.91 Å². The second-order valence-electron chi connectivity index (χ2n) is 8.28. The molecule has 32 heavy (non-hydrogen) atoms. The van der Waals surface area contributed by atoms with Gasteiger partial charge in [0.05, 0.1) is 6.04 Å². The van der Waals surface area contributed by atoms with Crippen molar-refractivity contribution < 1.29 is 9.90 Å². The minimum absolute atomic E-state index is 0.0236. The van der Waals surface area contributed by atoms with Crippen LogP contribution in [0.2, 0.25) is 0 Å². The van der Waals surface area contributed by atoms with Crippen molar-refractivity contribution in [3.63, 3.8) is 0 Å². The molecule has 0 aliphatic heterocycles. The first-order chi connectivity index (χ1) is 15.4. The number of unbranched alkanes of at least 4 members (excludes halogenated alkanes) is 1. The predicted molar refractivity (Wildman–Crippen MR) is 126 cm³/mol. The Morgan fingerprint density at radius 3 is 2.38 bits per heavy atom. The summed E-state index contributed by atoms with van der Waals surface area (Å²) < 4.78 is 0. The highest BCUT2D eigenvalue weighted by Crippen LogP contribution is 2.30. The lowest BCUT2D eigenvalue weighted by atomic mass is 9.97. The van der Waals surface area contributed by atoms with Crippen LogP contribution in [0.5, 0.6) is 0 Å². The van der Waals surface area contributed by atoms with Crippen LogP contribution in [0, 0.1) is 5.92 Å². The molecule has 2 N–H and O–H groups in total. The summed E-state index contributed by atoms with van der Waals surface area (Å²) in [6.07, 6.45) is 2.23. The van der Waals surface area contributed by atoms with E-state index in [1.807, 2.05) is 62.4 Å². The fraction of sp³-hybridized carbons (Fsp3) is 0.360. The molecule has 0 fully saturated rings. The molecule has 0 radical (unpaired) electrons. The van der Waals surface area contributed by atoms with Gasteiger partial charge in [-0.25, -0.2) is 0 Å². The van der Waals surface area contributed by atoms with E-state index in [4.69, 9.17) is 0 Å². The number of H-pyrrole nitrogens is 1. The van der Waals surface area contributed by atoms with Gasteiger partial charge in [0.1, 0.15) is 5.76 Å². The van der Waals surface area contributed by atoms with Gasteiger partial charge in [-0.15, -0.1) is 10.2 Å². The predicted octanol–water partition coefficient (Wildman–Crippen LogP) is 5.15. The third-order valence-electron chi connectivity index (χ3n) is 5.50. The summed E-state index contributed by atoms with van der Waals surface area (Å²) in [6.45, 7) is 10.2. The zero-order valence-corrected chi connectivity index (χ0v) is 19.0. The van der Waals surface area contributed by atoms with Crippen molar-refractivity contribution in [3.8, 4) is 22.5 Å². The molecule has 0 saturated carbocycles. The molecule has 7 nitrogen and oxygen atoms in total. The van der Waals surface area contributed by atoms with E-state index >= 15 is 0 Å². The largest absolute Gasteiger partial charge is 0.511 e. The summed E-state index contributed by atoms with van der Waals surface area (Å²) in [5, 5.41) is 24.6. The Morgan fingerprint density at radius 2 is 1.81 bits per heavy atom. The Hall–Kier alpha value is -3.48. The van der Waals surface area contributed by atoms with Crippen molar-refractivity contribution in [2.45, 2.75) is 52.6 Å². The molecule has 1 amide bonds. The number of benzene rings is 2. The molecule has 7 heteroatoms. The number of amides is 1. The summed E-state index contributed by atoms with van der Waals surface area (Å²) in [4.78, 5) is 14.7. The van der Waals surface area contributed by atoms with E-state index in [0.29, 0.717) is 18.8 Å². The Labute approximate surface area is 189 Å².